The summed E-state index contributed by atoms with van der Waals surface area (Å²) in [4.78, 5) is 28.9. The summed E-state index contributed by atoms with van der Waals surface area (Å²) in [7, 11) is 0. The molecule has 1 amide bonds. The first-order valence-corrected chi connectivity index (χ1v) is 4.56. The number of primary amides is 1. The maximum absolute atomic E-state index is 11.5. The van der Waals surface area contributed by atoms with E-state index < -0.39 is 5.91 Å². The molecule has 0 bridgehead atoms. The van der Waals surface area contributed by atoms with E-state index in [2.05, 4.69) is 9.97 Å². The number of hydrogen-bond acceptors (Lipinski definition) is 3. The normalized spacial score (nSPS) is 14.0. The van der Waals surface area contributed by atoms with Crippen LogP contribution in [0, 0.1) is 0 Å². The van der Waals surface area contributed by atoms with Crippen LogP contribution in [0.1, 0.15) is 23.5 Å². The van der Waals surface area contributed by atoms with Gasteiger partial charge in [0, 0.05) is 5.56 Å². The van der Waals surface area contributed by atoms with Gasteiger partial charge in [0.2, 0.25) is 5.91 Å². The van der Waals surface area contributed by atoms with Crippen LogP contribution in [0.5, 0.6) is 0 Å². The highest BCUT2D eigenvalue weighted by molar-refractivity contribution is 5.75. The summed E-state index contributed by atoms with van der Waals surface area (Å²) in [6, 6.07) is 0. The first-order chi connectivity index (χ1) is 6.66. The number of nitrogens with two attached hydrogens (primary N) is 1. The van der Waals surface area contributed by atoms with E-state index in [0.717, 1.165) is 30.5 Å². The maximum Gasteiger partial charge on any atom is 0.254 e. The molecule has 0 fully saturated rings. The SMILES string of the molecule is NC(=O)Cc1nc2c(c(=O)[nH]1)CCC2. The molecule has 3 N–H and O–H groups in total. The minimum Gasteiger partial charge on any atom is -0.369 e. The lowest BCUT2D eigenvalue weighted by molar-refractivity contribution is -0.117. The van der Waals surface area contributed by atoms with E-state index >= 15 is 0 Å². The van der Waals surface area contributed by atoms with E-state index in [1.165, 1.54) is 0 Å². The van der Waals surface area contributed by atoms with E-state index in [0.29, 0.717) is 5.82 Å². The number of H-pyrrole nitrogens is 1. The van der Waals surface area contributed by atoms with Crippen LogP contribution in [0.2, 0.25) is 0 Å². The minimum absolute atomic E-state index is 0.00250. The van der Waals surface area contributed by atoms with Crippen molar-refractivity contribution in [3.05, 3.63) is 27.4 Å². The van der Waals surface area contributed by atoms with Crippen LogP contribution in [0.25, 0.3) is 0 Å². The number of carbonyl (C=O) groups excluding carboxylic acids is 1. The fourth-order valence-electron chi connectivity index (χ4n) is 1.74. The Morgan fingerprint density at radius 3 is 3.00 bits per heavy atom. The highest BCUT2D eigenvalue weighted by Crippen LogP contribution is 2.15. The number of aryl methyl sites for hydroxylation is 1. The number of aromatic amines is 1. The molecule has 14 heavy (non-hydrogen) atoms. The van der Waals surface area contributed by atoms with Crippen molar-refractivity contribution in [3.8, 4) is 0 Å². The molecule has 1 aromatic rings. The molecular formula is C9H11N3O2. The highest BCUT2D eigenvalue weighted by atomic mass is 16.1. The fourth-order valence-corrected chi connectivity index (χ4v) is 1.74. The van der Waals surface area contributed by atoms with E-state index in [9.17, 15) is 9.59 Å². The van der Waals surface area contributed by atoms with Crippen LogP contribution in [0.15, 0.2) is 4.79 Å². The molecule has 0 atom stereocenters. The summed E-state index contributed by atoms with van der Waals surface area (Å²) in [5, 5.41) is 0. The van der Waals surface area contributed by atoms with Crippen molar-refractivity contribution in [2.75, 3.05) is 0 Å². The standard InChI is InChI=1S/C9H11N3O2/c10-7(13)4-8-11-6-3-1-2-5(6)9(14)12-8/h1-4H2,(H2,10,13)(H,11,12,14). The Bertz CT molecular complexity index is 436. The Kier molecular flexibility index (Phi) is 2.07. The van der Waals surface area contributed by atoms with Crippen molar-refractivity contribution in [2.24, 2.45) is 5.73 Å². The second-order valence-corrected chi connectivity index (χ2v) is 3.43. The molecule has 0 aliphatic heterocycles. The van der Waals surface area contributed by atoms with Gasteiger partial charge in [0.05, 0.1) is 12.1 Å². The topological polar surface area (TPSA) is 88.8 Å². The molecule has 1 aromatic heterocycles. The zero-order valence-electron chi connectivity index (χ0n) is 7.67. The molecule has 5 heteroatoms. The summed E-state index contributed by atoms with van der Waals surface area (Å²) in [5.74, 6) is -0.103. The smallest absolute Gasteiger partial charge is 0.254 e. The van der Waals surface area contributed by atoms with Crippen LogP contribution in [0.3, 0.4) is 0 Å². The lowest BCUT2D eigenvalue weighted by Crippen LogP contribution is -2.22. The van der Waals surface area contributed by atoms with E-state index in [4.69, 9.17) is 5.73 Å². The Labute approximate surface area is 80.4 Å². The lowest BCUT2D eigenvalue weighted by Gasteiger charge is -2.00. The Hall–Kier alpha value is -1.65. The molecule has 0 spiro atoms. The third-order valence-electron chi connectivity index (χ3n) is 2.33. The number of amides is 1. The van der Waals surface area contributed by atoms with Gasteiger partial charge in [-0.05, 0) is 19.3 Å². The van der Waals surface area contributed by atoms with Crippen molar-refractivity contribution in [1.82, 2.24) is 9.97 Å². The molecule has 1 aliphatic rings. The van der Waals surface area contributed by atoms with Gasteiger partial charge in [-0.3, -0.25) is 9.59 Å². The average molecular weight is 193 g/mol. The first kappa shape index (κ1) is 8.93. The van der Waals surface area contributed by atoms with Gasteiger partial charge in [0.25, 0.3) is 5.56 Å². The molecule has 1 heterocycles. The van der Waals surface area contributed by atoms with E-state index in [1.807, 2.05) is 0 Å². The van der Waals surface area contributed by atoms with E-state index in [-0.39, 0.29) is 12.0 Å². The van der Waals surface area contributed by atoms with Crippen LogP contribution in [0.4, 0.5) is 0 Å². The van der Waals surface area contributed by atoms with Crippen molar-refractivity contribution in [1.29, 1.82) is 0 Å². The van der Waals surface area contributed by atoms with Gasteiger partial charge >= 0.3 is 0 Å². The van der Waals surface area contributed by atoms with Crippen LogP contribution >= 0.6 is 0 Å². The second-order valence-electron chi connectivity index (χ2n) is 3.43. The molecule has 0 saturated heterocycles. The monoisotopic (exact) mass is 193 g/mol. The number of nitrogens with zero attached hydrogens (tertiary/aromatic N) is 1. The van der Waals surface area contributed by atoms with Gasteiger partial charge in [-0.25, -0.2) is 4.98 Å². The third-order valence-corrected chi connectivity index (χ3v) is 2.33. The first-order valence-electron chi connectivity index (χ1n) is 4.56. The van der Waals surface area contributed by atoms with Gasteiger partial charge in [0.15, 0.2) is 0 Å². The molecule has 2 rings (SSSR count). The summed E-state index contributed by atoms with van der Waals surface area (Å²) < 4.78 is 0. The number of fused-ring (bicyclic) bond motifs is 1. The van der Waals surface area contributed by atoms with Crippen molar-refractivity contribution in [2.45, 2.75) is 25.7 Å². The number of rotatable bonds is 2. The highest BCUT2D eigenvalue weighted by Gasteiger charge is 2.17. The zero-order chi connectivity index (χ0) is 10.1. The molecule has 1 aliphatic carbocycles. The molecule has 0 saturated carbocycles. The Morgan fingerprint density at radius 1 is 1.50 bits per heavy atom. The summed E-state index contributed by atoms with van der Waals surface area (Å²) in [6.45, 7) is 0. The van der Waals surface area contributed by atoms with Gasteiger partial charge < -0.3 is 10.7 Å². The predicted octanol–water partition coefficient (Wildman–Crippen LogP) is -0.714. The molecule has 5 nitrogen and oxygen atoms in total. The van der Waals surface area contributed by atoms with Crippen LogP contribution in [-0.4, -0.2) is 15.9 Å². The fraction of sp³-hybridized carbons (Fsp3) is 0.444. The molecule has 0 radical (unpaired) electrons. The predicted molar refractivity (Wildman–Crippen MR) is 49.8 cm³/mol. The number of aromatic nitrogens is 2. The lowest BCUT2D eigenvalue weighted by atomic mass is 10.2. The molecule has 0 aromatic carbocycles. The Morgan fingerprint density at radius 2 is 2.29 bits per heavy atom. The Balaban J connectivity index is 2.42. The average Bonchev–Trinajstić information content (AvgIpc) is 2.50. The van der Waals surface area contributed by atoms with Gasteiger partial charge in [-0.15, -0.1) is 0 Å². The van der Waals surface area contributed by atoms with Crippen molar-refractivity contribution >= 4 is 5.91 Å². The summed E-state index contributed by atoms with van der Waals surface area (Å²) >= 11 is 0. The van der Waals surface area contributed by atoms with Gasteiger partial charge in [-0.2, -0.15) is 0 Å². The summed E-state index contributed by atoms with van der Waals surface area (Å²) in [5.41, 5.74) is 6.48. The van der Waals surface area contributed by atoms with Gasteiger partial charge in [-0.1, -0.05) is 0 Å². The number of carbonyl (C=O) groups is 1. The van der Waals surface area contributed by atoms with Gasteiger partial charge in [0.1, 0.15) is 5.82 Å². The van der Waals surface area contributed by atoms with Crippen LogP contribution < -0.4 is 11.3 Å². The van der Waals surface area contributed by atoms with Crippen molar-refractivity contribution < 1.29 is 4.79 Å². The zero-order valence-corrected chi connectivity index (χ0v) is 7.67. The second kappa shape index (κ2) is 3.25. The van der Waals surface area contributed by atoms with Crippen molar-refractivity contribution in [3.63, 3.8) is 0 Å². The quantitative estimate of drug-likeness (QED) is 0.650. The molecule has 0 unspecified atom stereocenters. The molecular weight excluding hydrogens is 182 g/mol. The minimum atomic E-state index is -0.480. The van der Waals surface area contributed by atoms with E-state index in [1.54, 1.807) is 0 Å². The summed E-state index contributed by atoms with van der Waals surface area (Å²) in [6.07, 6.45) is 2.58. The molecule has 74 valence electrons. The third kappa shape index (κ3) is 1.53. The number of nitrogens with one attached hydrogen (secondary N) is 1. The van der Waals surface area contributed by atoms with Crippen LogP contribution in [-0.2, 0) is 24.1 Å². The largest absolute Gasteiger partial charge is 0.369 e. The number of hydrogen-bond donors (Lipinski definition) is 2. The maximum atomic E-state index is 11.5.